The van der Waals surface area contributed by atoms with E-state index in [4.69, 9.17) is 22.8 Å². The third-order valence-electron chi connectivity index (χ3n) is 2.93. The maximum absolute atomic E-state index is 6.11. The lowest BCUT2D eigenvalue weighted by atomic mass is 10.2. The summed E-state index contributed by atoms with van der Waals surface area (Å²) in [6.45, 7) is 12.0. The zero-order chi connectivity index (χ0) is 17.9. The highest BCUT2D eigenvalue weighted by Gasteiger charge is 2.44. The van der Waals surface area contributed by atoms with Crippen molar-refractivity contribution in [1.29, 1.82) is 0 Å². The quantitative estimate of drug-likeness (QED) is 0.743. The van der Waals surface area contributed by atoms with Crippen LogP contribution < -0.4 is 14.7 Å². The van der Waals surface area contributed by atoms with Crippen LogP contribution >= 0.6 is 0 Å². The number of ether oxygens (including phenoxy) is 2. The zero-order valence-corrected chi connectivity index (χ0v) is 16.8. The van der Waals surface area contributed by atoms with Gasteiger partial charge < -0.3 is 22.8 Å². The van der Waals surface area contributed by atoms with Crippen molar-refractivity contribution in [1.82, 2.24) is 0 Å². The third-order valence-corrected chi connectivity index (χ3v) is 5.61. The van der Waals surface area contributed by atoms with Crippen molar-refractivity contribution in [2.75, 3.05) is 21.3 Å². The van der Waals surface area contributed by atoms with Crippen LogP contribution in [-0.2, 0) is 13.3 Å². The molecule has 0 fully saturated rings. The number of benzene rings is 1. The highest BCUT2D eigenvalue weighted by Crippen LogP contribution is 2.27. The number of hydrogen-bond acceptors (Lipinski definition) is 5. The second kappa shape index (κ2) is 7.21. The van der Waals surface area contributed by atoms with Crippen molar-refractivity contribution >= 4 is 14.0 Å². The molecule has 5 nitrogen and oxygen atoms in total. The van der Waals surface area contributed by atoms with E-state index in [2.05, 4.69) is 0 Å². The Morgan fingerprint density at radius 1 is 0.739 bits per heavy atom. The van der Waals surface area contributed by atoms with Gasteiger partial charge in [0.15, 0.2) is 0 Å². The lowest BCUT2D eigenvalue weighted by molar-refractivity contribution is 0.117. The minimum Gasteiger partial charge on any atom is -0.488 e. The molecule has 1 aromatic rings. The van der Waals surface area contributed by atoms with Crippen LogP contribution in [0.2, 0.25) is 0 Å². The molecule has 0 bridgehead atoms. The highest BCUT2D eigenvalue weighted by atomic mass is 28.4. The fraction of sp³-hybridized carbons (Fsp3) is 0.647. The first-order chi connectivity index (χ1) is 10.5. The largest absolute Gasteiger partial charge is 0.540 e. The van der Waals surface area contributed by atoms with Gasteiger partial charge in [-0.3, -0.25) is 0 Å². The first-order valence-corrected chi connectivity index (χ1v) is 9.37. The monoisotopic (exact) mass is 342 g/mol. The number of rotatable bonds is 6. The lowest BCUT2D eigenvalue weighted by Crippen LogP contribution is -2.55. The second-order valence-corrected chi connectivity index (χ2v) is 10.1. The topological polar surface area (TPSA) is 46.2 Å². The van der Waals surface area contributed by atoms with Crippen LogP contribution in [0.1, 0.15) is 41.5 Å². The van der Waals surface area contributed by atoms with Gasteiger partial charge in [-0.15, -0.1) is 0 Å². The van der Waals surface area contributed by atoms with E-state index in [1.54, 1.807) is 21.3 Å². The van der Waals surface area contributed by atoms with Gasteiger partial charge in [-0.25, -0.2) is 0 Å². The fourth-order valence-corrected chi connectivity index (χ4v) is 4.04. The first-order valence-electron chi connectivity index (χ1n) is 7.64. The average molecular weight is 343 g/mol. The van der Waals surface area contributed by atoms with Crippen molar-refractivity contribution in [2.24, 2.45) is 0 Å². The van der Waals surface area contributed by atoms with E-state index in [0.29, 0.717) is 5.75 Å². The molecule has 0 unspecified atom stereocenters. The van der Waals surface area contributed by atoms with Crippen molar-refractivity contribution in [3.05, 3.63) is 18.2 Å². The van der Waals surface area contributed by atoms with Crippen LogP contribution in [0.25, 0.3) is 0 Å². The van der Waals surface area contributed by atoms with Gasteiger partial charge in [-0.1, -0.05) is 0 Å². The highest BCUT2D eigenvalue weighted by molar-refractivity contribution is 6.76. The Morgan fingerprint density at radius 2 is 1.22 bits per heavy atom. The summed E-state index contributed by atoms with van der Waals surface area (Å²) < 4.78 is 28.8. The molecule has 132 valence electrons. The minimum absolute atomic E-state index is 0.293. The minimum atomic E-state index is -3.00. The van der Waals surface area contributed by atoms with Crippen LogP contribution in [0.4, 0.5) is 0 Å². The average Bonchev–Trinajstić information content (AvgIpc) is 2.39. The van der Waals surface area contributed by atoms with Crippen molar-refractivity contribution in [2.45, 2.75) is 52.7 Å². The van der Waals surface area contributed by atoms with Gasteiger partial charge in [0, 0.05) is 27.4 Å². The van der Waals surface area contributed by atoms with Gasteiger partial charge in [0.1, 0.15) is 22.7 Å². The normalized spacial score (nSPS) is 13.1. The molecular formula is C17H30O5Si. The predicted molar refractivity (Wildman–Crippen MR) is 93.6 cm³/mol. The molecule has 1 rings (SSSR count). The van der Waals surface area contributed by atoms with E-state index in [0.717, 1.165) is 10.9 Å². The molecule has 0 saturated heterocycles. The number of hydrogen-bond donors (Lipinski definition) is 0. The molecule has 0 N–H and O–H groups in total. The molecule has 0 aliphatic heterocycles. The molecule has 1 aromatic carbocycles. The van der Waals surface area contributed by atoms with E-state index >= 15 is 0 Å². The maximum atomic E-state index is 6.11. The summed E-state index contributed by atoms with van der Waals surface area (Å²) in [6.07, 6.45) is 0. The Bertz CT molecular complexity index is 504. The summed E-state index contributed by atoms with van der Waals surface area (Å²) in [4.78, 5) is 0. The van der Waals surface area contributed by atoms with Crippen molar-refractivity contribution < 1.29 is 22.8 Å². The van der Waals surface area contributed by atoms with Crippen LogP contribution in [0.15, 0.2) is 18.2 Å². The molecule has 23 heavy (non-hydrogen) atoms. The molecule has 0 aliphatic carbocycles. The second-order valence-electron chi connectivity index (χ2n) is 7.26. The molecule has 0 aliphatic rings. The Morgan fingerprint density at radius 3 is 1.61 bits per heavy atom. The van der Waals surface area contributed by atoms with Crippen LogP contribution in [-0.4, -0.2) is 41.3 Å². The molecule has 6 heteroatoms. The zero-order valence-electron chi connectivity index (χ0n) is 15.8. The Labute approximate surface area is 141 Å². The van der Waals surface area contributed by atoms with Crippen LogP contribution in [0, 0.1) is 0 Å². The van der Waals surface area contributed by atoms with E-state index in [1.807, 2.05) is 59.7 Å². The summed E-state index contributed by atoms with van der Waals surface area (Å²) in [7, 11) is 1.75. The summed E-state index contributed by atoms with van der Waals surface area (Å²) in [6, 6.07) is 5.64. The SMILES string of the molecule is CO[Si](OC)(OC)c1ccc(OC(C)(C)C)cc1OC(C)(C)C. The van der Waals surface area contributed by atoms with E-state index < -0.39 is 8.80 Å². The molecule has 0 heterocycles. The van der Waals surface area contributed by atoms with E-state index in [-0.39, 0.29) is 11.2 Å². The summed E-state index contributed by atoms with van der Waals surface area (Å²) in [5.41, 5.74) is -0.663. The van der Waals surface area contributed by atoms with Crippen LogP contribution in [0.3, 0.4) is 0 Å². The first kappa shape index (κ1) is 20.0. The standard InChI is InChI=1S/C17H30O5Si/c1-16(2,3)21-13-10-11-15(23(18-7,19-8)20-9)14(12-13)22-17(4,5)6/h10-12H,1-9H3. The molecule has 0 saturated carbocycles. The molecule has 0 amide bonds. The molecule has 0 aromatic heterocycles. The fourth-order valence-electron chi connectivity index (χ4n) is 2.17. The van der Waals surface area contributed by atoms with E-state index in [1.165, 1.54) is 0 Å². The predicted octanol–water partition coefficient (Wildman–Crippen LogP) is 3.13. The summed E-state index contributed by atoms with van der Waals surface area (Å²) in [5.74, 6) is 1.38. The van der Waals surface area contributed by atoms with E-state index in [9.17, 15) is 0 Å². The third kappa shape index (κ3) is 5.49. The molecule has 0 atom stereocenters. The van der Waals surface area contributed by atoms with Crippen molar-refractivity contribution in [3.8, 4) is 11.5 Å². The Kier molecular flexibility index (Phi) is 6.26. The maximum Gasteiger partial charge on any atom is 0.540 e. The Balaban J connectivity index is 3.39. The van der Waals surface area contributed by atoms with Gasteiger partial charge in [-0.2, -0.15) is 0 Å². The lowest BCUT2D eigenvalue weighted by Gasteiger charge is -2.30. The Hall–Kier alpha value is -1.08. The van der Waals surface area contributed by atoms with Gasteiger partial charge in [0.25, 0.3) is 0 Å². The molecular weight excluding hydrogens is 312 g/mol. The smallest absolute Gasteiger partial charge is 0.488 e. The van der Waals surface area contributed by atoms with Crippen LogP contribution in [0.5, 0.6) is 11.5 Å². The van der Waals surface area contributed by atoms with Gasteiger partial charge in [0.2, 0.25) is 0 Å². The van der Waals surface area contributed by atoms with Crippen molar-refractivity contribution in [3.63, 3.8) is 0 Å². The van der Waals surface area contributed by atoms with Gasteiger partial charge in [0.05, 0.1) is 5.19 Å². The molecule has 0 radical (unpaired) electrons. The van der Waals surface area contributed by atoms with Gasteiger partial charge >= 0.3 is 8.80 Å². The summed E-state index contributed by atoms with van der Waals surface area (Å²) in [5, 5.41) is 0.779. The summed E-state index contributed by atoms with van der Waals surface area (Å²) >= 11 is 0. The van der Waals surface area contributed by atoms with Gasteiger partial charge in [-0.05, 0) is 53.7 Å². The molecule has 0 spiro atoms.